The van der Waals surface area contributed by atoms with E-state index in [2.05, 4.69) is 40.5 Å². The summed E-state index contributed by atoms with van der Waals surface area (Å²) in [5.41, 5.74) is 2.58. The molecule has 0 aliphatic heterocycles. The lowest BCUT2D eigenvalue weighted by atomic mass is 9.95. The first-order valence-electron chi connectivity index (χ1n) is 9.13. The number of carbonyl (C=O) groups is 1. The maximum atomic E-state index is 12.5. The molecule has 1 fully saturated rings. The predicted octanol–water partition coefficient (Wildman–Crippen LogP) is 4.41. The second-order valence-corrected chi connectivity index (χ2v) is 6.94. The Morgan fingerprint density at radius 1 is 1.12 bits per heavy atom. The smallest absolute Gasteiger partial charge is 0.270 e. The largest absolute Gasteiger partial charge is 0.348 e. The summed E-state index contributed by atoms with van der Waals surface area (Å²) in [4.78, 5) is 21.1. The Morgan fingerprint density at radius 3 is 2.64 bits per heavy atom. The van der Waals surface area contributed by atoms with Crippen molar-refractivity contribution in [2.24, 2.45) is 0 Å². The minimum Gasteiger partial charge on any atom is -0.348 e. The Balaban J connectivity index is 1.72. The monoisotopic (exact) mass is 338 g/mol. The van der Waals surface area contributed by atoms with Gasteiger partial charge in [0.05, 0.1) is 0 Å². The van der Waals surface area contributed by atoms with Crippen molar-refractivity contribution in [2.75, 3.05) is 5.32 Å². The molecule has 5 nitrogen and oxygen atoms in total. The van der Waals surface area contributed by atoms with Gasteiger partial charge in [0.1, 0.15) is 5.69 Å². The van der Waals surface area contributed by atoms with Crippen LogP contribution in [0.25, 0.3) is 0 Å². The third-order valence-electron chi connectivity index (χ3n) is 4.66. The van der Waals surface area contributed by atoms with E-state index in [0.29, 0.717) is 17.6 Å². The first-order chi connectivity index (χ1) is 12.1. The molecule has 0 spiro atoms. The topological polar surface area (TPSA) is 66.9 Å². The van der Waals surface area contributed by atoms with E-state index in [1.54, 1.807) is 12.3 Å². The third-order valence-corrected chi connectivity index (χ3v) is 4.66. The number of carbonyl (C=O) groups excluding carboxylic acids is 1. The lowest BCUT2D eigenvalue weighted by Crippen LogP contribution is -2.36. The molecule has 0 radical (unpaired) electrons. The van der Waals surface area contributed by atoms with Crippen LogP contribution in [0.4, 0.5) is 11.6 Å². The summed E-state index contributed by atoms with van der Waals surface area (Å²) in [6.07, 6.45) is 7.39. The third kappa shape index (κ3) is 4.56. The van der Waals surface area contributed by atoms with Crippen LogP contribution in [0, 0.1) is 0 Å². The summed E-state index contributed by atoms with van der Waals surface area (Å²) >= 11 is 0. The SMILES string of the molecule is CC(C)c1ccccc1Nc1nccc(C(=O)NC2CCCCC2)n1. The average molecular weight is 338 g/mol. The molecule has 5 heteroatoms. The van der Waals surface area contributed by atoms with Crippen LogP contribution in [-0.4, -0.2) is 21.9 Å². The molecule has 0 saturated heterocycles. The van der Waals surface area contributed by atoms with Gasteiger partial charge in [-0.15, -0.1) is 0 Å². The number of hydrogen-bond acceptors (Lipinski definition) is 4. The van der Waals surface area contributed by atoms with E-state index in [1.165, 1.54) is 24.8 Å². The van der Waals surface area contributed by atoms with Crippen molar-refractivity contribution in [1.29, 1.82) is 0 Å². The van der Waals surface area contributed by atoms with Gasteiger partial charge in [0.15, 0.2) is 0 Å². The zero-order chi connectivity index (χ0) is 17.6. The van der Waals surface area contributed by atoms with Gasteiger partial charge in [-0.25, -0.2) is 9.97 Å². The molecular formula is C20H26N4O. The minimum absolute atomic E-state index is 0.116. The molecule has 1 amide bonds. The number of aromatic nitrogens is 2. The summed E-state index contributed by atoms with van der Waals surface area (Å²) in [6, 6.07) is 10.0. The Kier molecular flexibility index (Phi) is 5.64. The van der Waals surface area contributed by atoms with Crippen molar-refractivity contribution in [3.63, 3.8) is 0 Å². The number of nitrogens with one attached hydrogen (secondary N) is 2. The van der Waals surface area contributed by atoms with Gasteiger partial charge >= 0.3 is 0 Å². The fourth-order valence-electron chi connectivity index (χ4n) is 3.29. The molecule has 0 bridgehead atoms. The summed E-state index contributed by atoms with van der Waals surface area (Å²) in [7, 11) is 0. The average Bonchev–Trinajstić information content (AvgIpc) is 2.63. The molecule has 25 heavy (non-hydrogen) atoms. The van der Waals surface area contributed by atoms with Gasteiger partial charge in [-0.05, 0) is 36.5 Å². The van der Waals surface area contributed by atoms with E-state index in [0.717, 1.165) is 18.5 Å². The number of hydrogen-bond donors (Lipinski definition) is 2. The highest BCUT2D eigenvalue weighted by Crippen LogP contribution is 2.25. The van der Waals surface area contributed by atoms with E-state index >= 15 is 0 Å². The summed E-state index contributed by atoms with van der Waals surface area (Å²) in [6.45, 7) is 4.30. The molecule has 2 aromatic rings. The standard InChI is InChI=1S/C20H26N4O/c1-14(2)16-10-6-7-11-17(16)23-20-21-13-12-18(24-20)19(25)22-15-8-4-3-5-9-15/h6-7,10-15H,3-5,8-9H2,1-2H3,(H,22,25)(H,21,23,24). The molecule has 132 valence electrons. The maximum absolute atomic E-state index is 12.5. The Bertz CT molecular complexity index is 723. The first-order valence-corrected chi connectivity index (χ1v) is 9.13. The number of amides is 1. The quantitative estimate of drug-likeness (QED) is 0.847. The van der Waals surface area contributed by atoms with Gasteiger partial charge < -0.3 is 10.6 Å². The molecule has 1 aliphatic carbocycles. The second-order valence-electron chi connectivity index (χ2n) is 6.94. The van der Waals surface area contributed by atoms with Crippen LogP contribution in [0.1, 0.15) is 67.9 Å². The highest BCUT2D eigenvalue weighted by molar-refractivity contribution is 5.92. The molecule has 1 aromatic carbocycles. The normalized spacial score (nSPS) is 15.2. The molecule has 0 atom stereocenters. The van der Waals surface area contributed by atoms with Crippen molar-refractivity contribution < 1.29 is 4.79 Å². The minimum atomic E-state index is -0.116. The number of rotatable bonds is 5. The van der Waals surface area contributed by atoms with Crippen LogP contribution in [0.2, 0.25) is 0 Å². The van der Waals surface area contributed by atoms with Gasteiger partial charge in [-0.1, -0.05) is 51.3 Å². The van der Waals surface area contributed by atoms with E-state index in [9.17, 15) is 4.79 Å². The molecular weight excluding hydrogens is 312 g/mol. The Morgan fingerprint density at radius 2 is 1.88 bits per heavy atom. The van der Waals surface area contributed by atoms with Crippen LogP contribution in [0.5, 0.6) is 0 Å². The van der Waals surface area contributed by atoms with Gasteiger partial charge in [0, 0.05) is 17.9 Å². The molecule has 1 aromatic heterocycles. The van der Waals surface area contributed by atoms with Crippen molar-refractivity contribution >= 4 is 17.5 Å². The predicted molar refractivity (Wildman–Crippen MR) is 100 cm³/mol. The van der Waals surface area contributed by atoms with E-state index in [-0.39, 0.29) is 11.9 Å². The van der Waals surface area contributed by atoms with E-state index in [4.69, 9.17) is 0 Å². The number of para-hydroxylation sites is 1. The fraction of sp³-hybridized carbons (Fsp3) is 0.450. The van der Waals surface area contributed by atoms with Crippen molar-refractivity contribution in [3.8, 4) is 0 Å². The van der Waals surface area contributed by atoms with Gasteiger partial charge in [0.25, 0.3) is 5.91 Å². The first kappa shape index (κ1) is 17.4. The summed E-state index contributed by atoms with van der Waals surface area (Å²) in [5.74, 6) is 0.723. The van der Waals surface area contributed by atoms with Crippen LogP contribution < -0.4 is 10.6 Å². The second kappa shape index (κ2) is 8.10. The zero-order valence-electron chi connectivity index (χ0n) is 15.0. The Hall–Kier alpha value is -2.43. The van der Waals surface area contributed by atoms with E-state index in [1.807, 2.05) is 18.2 Å². The highest BCUT2D eigenvalue weighted by Gasteiger charge is 2.18. The lowest BCUT2D eigenvalue weighted by molar-refractivity contribution is 0.0922. The van der Waals surface area contributed by atoms with Crippen molar-refractivity contribution in [1.82, 2.24) is 15.3 Å². The van der Waals surface area contributed by atoms with Crippen molar-refractivity contribution in [3.05, 3.63) is 47.8 Å². The van der Waals surface area contributed by atoms with Gasteiger partial charge in [-0.2, -0.15) is 0 Å². The van der Waals surface area contributed by atoms with Crippen LogP contribution in [0.3, 0.4) is 0 Å². The lowest BCUT2D eigenvalue weighted by Gasteiger charge is -2.22. The van der Waals surface area contributed by atoms with Crippen molar-refractivity contribution in [2.45, 2.75) is 57.9 Å². The number of anilines is 2. The van der Waals surface area contributed by atoms with E-state index < -0.39 is 0 Å². The molecule has 1 heterocycles. The molecule has 1 saturated carbocycles. The molecule has 0 unspecified atom stereocenters. The highest BCUT2D eigenvalue weighted by atomic mass is 16.1. The Labute approximate surface area is 149 Å². The summed E-state index contributed by atoms with van der Waals surface area (Å²) in [5, 5.41) is 6.35. The number of benzene rings is 1. The summed E-state index contributed by atoms with van der Waals surface area (Å²) < 4.78 is 0. The molecule has 1 aliphatic rings. The van der Waals surface area contributed by atoms with Gasteiger partial charge in [0.2, 0.25) is 5.95 Å². The van der Waals surface area contributed by atoms with Crippen LogP contribution in [-0.2, 0) is 0 Å². The van der Waals surface area contributed by atoms with Gasteiger partial charge in [-0.3, -0.25) is 4.79 Å². The molecule has 3 rings (SSSR count). The molecule has 2 N–H and O–H groups in total. The number of nitrogens with zero attached hydrogens (tertiary/aromatic N) is 2. The fourth-order valence-corrected chi connectivity index (χ4v) is 3.29. The maximum Gasteiger partial charge on any atom is 0.270 e. The zero-order valence-corrected chi connectivity index (χ0v) is 15.0. The van der Waals surface area contributed by atoms with Crippen LogP contribution in [0.15, 0.2) is 36.5 Å². The van der Waals surface area contributed by atoms with Crippen LogP contribution >= 0.6 is 0 Å².